The summed E-state index contributed by atoms with van der Waals surface area (Å²) in [4.78, 5) is 21.0. The summed E-state index contributed by atoms with van der Waals surface area (Å²) in [5.41, 5.74) is 1.03. The minimum absolute atomic E-state index is 0.0474. The predicted octanol–water partition coefficient (Wildman–Crippen LogP) is 1.24. The van der Waals surface area contributed by atoms with Gasteiger partial charge in [-0.1, -0.05) is 6.07 Å². The molecule has 3 rings (SSSR count). The van der Waals surface area contributed by atoms with Gasteiger partial charge >= 0.3 is 6.03 Å². The van der Waals surface area contributed by atoms with Gasteiger partial charge in [0.1, 0.15) is 5.82 Å². The number of morpholine rings is 2. The number of nitrogens with one attached hydrogen (secondary N) is 1. The first-order chi connectivity index (χ1) is 11.6. The summed E-state index contributed by atoms with van der Waals surface area (Å²) < 4.78 is 11.1. The molecule has 1 N–H and O–H groups in total. The molecule has 7 heteroatoms. The van der Waals surface area contributed by atoms with Crippen LogP contribution in [-0.2, 0) is 16.0 Å². The van der Waals surface area contributed by atoms with Crippen LogP contribution in [-0.4, -0.2) is 67.5 Å². The number of amides is 2. The van der Waals surface area contributed by atoms with Gasteiger partial charge in [0.2, 0.25) is 0 Å². The SMILES string of the molecule is C[C@@H]1CN(C(=O)NCc2cccnc2N2CCOCC2)C[C@@H](C)O1. The predicted molar refractivity (Wildman–Crippen MR) is 91.1 cm³/mol. The Balaban J connectivity index is 1.61. The molecule has 7 nitrogen and oxygen atoms in total. The fourth-order valence-electron chi connectivity index (χ4n) is 3.25. The van der Waals surface area contributed by atoms with E-state index >= 15 is 0 Å². The van der Waals surface area contributed by atoms with Gasteiger partial charge in [-0.05, 0) is 19.9 Å². The number of nitrogens with zero attached hydrogens (tertiary/aromatic N) is 3. The second-order valence-electron chi connectivity index (χ2n) is 6.41. The van der Waals surface area contributed by atoms with Crippen LogP contribution in [0.25, 0.3) is 0 Å². The number of pyridine rings is 1. The Morgan fingerprint density at radius 2 is 2.00 bits per heavy atom. The molecule has 0 spiro atoms. The number of urea groups is 1. The van der Waals surface area contributed by atoms with E-state index in [2.05, 4.69) is 15.2 Å². The van der Waals surface area contributed by atoms with E-state index in [-0.39, 0.29) is 18.2 Å². The standard InChI is InChI=1S/C17H26N4O3/c1-13-11-21(12-14(2)24-13)17(22)19-10-15-4-3-5-18-16(15)20-6-8-23-9-7-20/h3-5,13-14H,6-12H2,1-2H3,(H,19,22)/t13-,14-/m1/s1. The molecule has 2 amide bonds. The van der Waals surface area contributed by atoms with Gasteiger partial charge < -0.3 is 24.6 Å². The summed E-state index contributed by atoms with van der Waals surface area (Å²) in [6.45, 7) is 8.80. The summed E-state index contributed by atoms with van der Waals surface area (Å²) in [5.74, 6) is 0.935. The van der Waals surface area contributed by atoms with Crippen LogP contribution in [0.1, 0.15) is 19.4 Å². The zero-order chi connectivity index (χ0) is 16.9. The van der Waals surface area contributed by atoms with Crippen LogP contribution in [0.5, 0.6) is 0 Å². The average molecular weight is 334 g/mol. The van der Waals surface area contributed by atoms with Crippen molar-refractivity contribution in [3.8, 4) is 0 Å². The molecule has 2 aliphatic heterocycles. The topological polar surface area (TPSA) is 66.9 Å². The van der Waals surface area contributed by atoms with Crippen molar-refractivity contribution in [2.75, 3.05) is 44.3 Å². The highest BCUT2D eigenvalue weighted by Gasteiger charge is 2.26. The van der Waals surface area contributed by atoms with Gasteiger partial charge in [0.15, 0.2) is 0 Å². The van der Waals surface area contributed by atoms with Crippen LogP contribution >= 0.6 is 0 Å². The molecular weight excluding hydrogens is 308 g/mol. The van der Waals surface area contributed by atoms with Gasteiger partial charge in [0.05, 0.1) is 25.4 Å². The highest BCUT2D eigenvalue weighted by molar-refractivity contribution is 5.74. The van der Waals surface area contributed by atoms with Crippen LogP contribution < -0.4 is 10.2 Å². The molecular formula is C17H26N4O3. The zero-order valence-corrected chi connectivity index (χ0v) is 14.4. The van der Waals surface area contributed by atoms with E-state index in [1.807, 2.05) is 30.9 Å². The molecule has 2 atom stereocenters. The monoisotopic (exact) mass is 334 g/mol. The minimum Gasteiger partial charge on any atom is -0.378 e. The molecule has 0 aromatic carbocycles. The van der Waals surface area contributed by atoms with Crippen molar-refractivity contribution in [2.24, 2.45) is 0 Å². The van der Waals surface area contributed by atoms with Crippen LogP contribution in [0, 0.1) is 0 Å². The third kappa shape index (κ3) is 4.15. The first-order valence-electron chi connectivity index (χ1n) is 8.58. The molecule has 24 heavy (non-hydrogen) atoms. The minimum atomic E-state index is -0.0474. The molecule has 2 fully saturated rings. The van der Waals surface area contributed by atoms with Crippen molar-refractivity contribution in [1.82, 2.24) is 15.2 Å². The number of hydrogen-bond donors (Lipinski definition) is 1. The Morgan fingerprint density at radius 3 is 2.71 bits per heavy atom. The van der Waals surface area contributed by atoms with E-state index < -0.39 is 0 Å². The van der Waals surface area contributed by atoms with Crippen LogP contribution in [0.2, 0.25) is 0 Å². The summed E-state index contributed by atoms with van der Waals surface area (Å²) in [7, 11) is 0. The van der Waals surface area contributed by atoms with Crippen LogP contribution in [0.3, 0.4) is 0 Å². The maximum Gasteiger partial charge on any atom is 0.317 e. The van der Waals surface area contributed by atoms with Gasteiger partial charge in [-0.25, -0.2) is 9.78 Å². The average Bonchev–Trinajstić information content (AvgIpc) is 2.60. The number of anilines is 1. The maximum atomic E-state index is 12.5. The third-order valence-electron chi connectivity index (χ3n) is 4.32. The highest BCUT2D eigenvalue weighted by Crippen LogP contribution is 2.18. The fourth-order valence-corrected chi connectivity index (χ4v) is 3.25. The van der Waals surface area contributed by atoms with Crippen molar-refractivity contribution in [2.45, 2.75) is 32.6 Å². The molecule has 2 aliphatic rings. The van der Waals surface area contributed by atoms with Crippen molar-refractivity contribution in [3.05, 3.63) is 23.9 Å². The molecule has 0 radical (unpaired) electrons. The van der Waals surface area contributed by atoms with E-state index in [9.17, 15) is 4.79 Å². The molecule has 1 aromatic rings. The Bertz CT molecular complexity index is 553. The van der Waals surface area contributed by atoms with Crippen LogP contribution in [0.4, 0.5) is 10.6 Å². The van der Waals surface area contributed by atoms with E-state index in [1.54, 1.807) is 6.20 Å². The number of hydrogen-bond acceptors (Lipinski definition) is 5. The third-order valence-corrected chi connectivity index (χ3v) is 4.32. The summed E-state index contributed by atoms with van der Waals surface area (Å²) >= 11 is 0. The van der Waals surface area contributed by atoms with Crippen LogP contribution in [0.15, 0.2) is 18.3 Å². The van der Waals surface area contributed by atoms with Gasteiger partial charge in [-0.15, -0.1) is 0 Å². The lowest BCUT2D eigenvalue weighted by Gasteiger charge is -2.35. The number of aromatic nitrogens is 1. The molecule has 2 saturated heterocycles. The van der Waals surface area contributed by atoms with E-state index in [4.69, 9.17) is 9.47 Å². The normalized spacial score (nSPS) is 24.8. The van der Waals surface area contributed by atoms with E-state index in [1.165, 1.54) is 0 Å². The molecule has 0 unspecified atom stereocenters. The first-order valence-corrected chi connectivity index (χ1v) is 8.58. The molecule has 132 valence electrons. The van der Waals surface area contributed by atoms with Gasteiger partial charge in [-0.2, -0.15) is 0 Å². The summed E-state index contributed by atoms with van der Waals surface area (Å²) in [6, 6.07) is 3.88. The smallest absolute Gasteiger partial charge is 0.317 e. The zero-order valence-electron chi connectivity index (χ0n) is 14.4. The van der Waals surface area contributed by atoms with Crippen molar-refractivity contribution in [3.63, 3.8) is 0 Å². The number of rotatable bonds is 3. The molecule has 0 bridgehead atoms. The Morgan fingerprint density at radius 1 is 1.29 bits per heavy atom. The first kappa shape index (κ1) is 17.0. The van der Waals surface area contributed by atoms with Gasteiger partial charge in [-0.3, -0.25) is 0 Å². The second kappa shape index (κ2) is 7.81. The molecule has 0 aliphatic carbocycles. The Labute approximate surface area is 142 Å². The van der Waals surface area contributed by atoms with Gasteiger partial charge in [0, 0.05) is 44.5 Å². The molecule has 0 saturated carbocycles. The van der Waals surface area contributed by atoms with Gasteiger partial charge in [0.25, 0.3) is 0 Å². The lowest BCUT2D eigenvalue weighted by atomic mass is 10.2. The highest BCUT2D eigenvalue weighted by atomic mass is 16.5. The van der Waals surface area contributed by atoms with Crippen molar-refractivity contribution in [1.29, 1.82) is 0 Å². The number of carbonyl (C=O) groups is 1. The Kier molecular flexibility index (Phi) is 5.52. The maximum absolute atomic E-state index is 12.5. The number of carbonyl (C=O) groups excluding carboxylic acids is 1. The van der Waals surface area contributed by atoms with Crippen molar-refractivity contribution >= 4 is 11.8 Å². The quantitative estimate of drug-likeness (QED) is 0.901. The lowest BCUT2D eigenvalue weighted by molar-refractivity contribution is -0.0545. The Hall–Kier alpha value is -1.86. The molecule has 3 heterocycles. The fraction of sp³-hybridized carbons (Fsp3) is 0.647. The lowest BCUT2D eigenvalue weighted by Crippen LogP contribution is -2.51. The van der Waals surface area contributed by atoms with E-state index in [0.717, 1.165) is 24.5 Å². The largest absolute Gasteiger partial charge is 0.378 e. The number of ether oxygens (including phenoxy) is 2. The van der Waals surface area contributed by atoms with E-state index in [0.29, 0.717) is 32.8 Å². The summed E-state index contributed by atoms with van der Waals surface area (Å²) in [6.07, 6.45) is 1.94. The van der Waals surface area contributed by atoms with Crippen molar-refractivity contribution < 1.29 is 14.3 Å². The summed E-state index contributed by atoms with van der Waals surface area (Å²) in [5, 5.41) is 3.02. The molecule has 1 aromatic heterocycles. The second-order valence-corrected chi connectivity index (χ2v) is 6.41.